The molecule has 2 atom stereocenters. The van der Waals surface area contributed by atoms with Crippen LogP contribution in [-0.4, -0.2) is 43.0 Å². The Morgan fingerprint density at radius 3 is 2.87 bits per heavy atom. The maximum Gasteiger partial charge on any atom is 0.235 e. The third-order valence-corrected chi connectivity index (χ3v) is 3.33. The third kappa shape index (κ3) is 3.47. The molecule has 2 unspecified atom stereocenters. The summed E-state index contributed by atoms with van der Waals surface area (Å²) in [4.78, 5) is 13.5. The van der Waals surface area contributed by atoms with Crippen LogP contribution in [0.15, 0.2) is 0 Å². The lowest BCUT2D eigenvalue weighted by atomic mass is 9.99. The van der Waals surface area contributed by atoms with Gasteiger partial charge in [0.2, 0.25) is 5.91 Å². The second-order valence-corrected chi connectivity index (χ2v) is 4.30. The first-order valence-electron chi connectivity index (χ1n) is 5.89. The summed E-state index contributed by atoms with van der Waals surface area (Å²) in [5.41, 5.74) is 5.32. The minimum atomic E-state index is -0.252. The normalized spacial score (nSPS) is 25.1. The van der Waals surface area contributed by atoms with Crippen LogP contribution in [0.3, 0.4) is 0 Å². The van der Waals surface area contributed by atoms with Crippen molar-refractivity contribution in [3.05, 3.63) is 0 Å². The standard InChI is InChI=1S/C11H23N3O/c1-3-9-6-4-5-7-14(9)8-10(13-2)11(12)15/h9-10,13H,3-8H2,1-2H3,(H2,12,15). The van der Waals surface area contributed by atoms with Gasteiger partial charge in [-0.05, 0) is 32.9 Å². The SMILES string of the molecule is CCC1CCCCN1CC(NC)C(N)=O. The lowest BCUT2D eigenvalue weighted by Crippen LogP contribution is -2.51. The molecule has 1 aliphatic rings. The van der Waals surface area contributed by atoms with E-state index in [9.17, 15) is 4.79 Å². The Bertz CT molecular complexity index is 208. The van der Waals surface area contributed by atoms with Crippen LogP contribution >= 0.6 is 0 Å². The predicted molar refractivity (Wildman–Crippen MR) is 61.5 cm³/mol. The molecule has 0 bridgehead atoms. The molecule has 4 nitrogen and oxygen atoms in total. The summed E-state index contributed by atoms with van der Waals surface area (Å²) in [5.74, 6) is -0.252. The van der Waals surface area contributed by atoms with Gasteiger partial charge in [0, 0.05) is 12.6 Å². The number of hydrogen-bond donors (Lipinski definition) is 2. The average Bonchev–Trinajstić information content (AvgIpc) is 2.25. The van der Waals surface area contributed by atoms with Gasteiger partial charge < -0.3 is 11.1 Å². The molecule has 0 aliphatic carbocycles. The summed E-state index contributed by atoms with van der Waals surface area (Å²) in [6.45, 7) is 4.07. The topological polar surface area (TPSA) is 58.4 Å². The number of hydrogen-bond acceptors (Lipinski definition) is 3. The molecule has 1 aliphatic heterocycles. The molecule has 0 aromatic carbocycles. The van der Waals surface area contributed by atoms with Gasteiger partial charge in [0.05, 0.1) is 6.04 Å². The zero-order chi connectivity index (χ0) is 11.3. The van der Waals surface area contributed by atoms with Gasteiger partial charge in [-0.1, -0.05) is 13.3 Å². The number of likely N-dealkylation sites (N-methyl/N-ethyl adjacent to an activating group) is 1. The lowest BCUT2D eigenvalue weighted by molar-refractivity contribution is -0.120. The van der Waals surface area contributed by atoms with Crippen LogP contribution in [0.25, 0.3) is 0 Å². The van der Waals surface area contributed by atoms with E-state index < -0.39 is 0 Å². The molecule has 1 heterocycles. The quantitative estimate of drug-likeness (QED) is 0.691. The van der Waals surface area contributed by atoms with Gasteiger partial charge in [0.15, 0.2) is 0 Å². The van der Waals surface area contributed by atoms with Crippen LogP contribution in [0.4, 0.5) is 0 Å². The van der Waals surface area contributed by atoms with Crippen LogP contribution in [0.2, 0.25) is 0 Å². The molecule has 15 heavy (non-hydrogen) atoms. The van der Waals surface area contributed by atoms with Crippen LogP contribution in [0.1, 0.15) is 32.6 Å². The Morgan fingerprint density at radius 1 is 1.60 bits per heavy atom. The Hall–Kier alpha value is -0.610. The second-order valence-electron chi connectivity index (χ2n) is 4.30. The van der Waals surface area contributed by atoms with Gasteiger partial charge in [-0.2, -0.15) is 0 Å². The van der Waals surface area contributed by atoms with E-state index in [2.05, 4.69) is 17.1 Å². The summed E-state index contributed by atoms with van der Waals surface area (Å²) in [7, 11) is 1.79. The Kier molecular flexibility index (Phi) is 5.05. The molecule has 0 spiro atoms. The number of likely N-dealkylation sites (tertiary alicyclic amines) is 1. The number of nitrogens with one attached hydrogen (secondary N) is 1. The number of piperidine rings is 1. The molecular formula is C11H23N3O. The van der Waals surface area contributed by atoms with Crippen LogP contribution in [0, 0.1) is 0 Å². The minimum Gasteiger partial charge on any atom is -0.368 e. The number of primary amides is 1. The summed E-state index contributed by atoms with van der Waals surface area (Å²) in [6.07, 6.45) is 4.97. The first kappa shape index (κ1) is 12.5. The molecule has 0 aromatic rings. The van der Waals surface area contributed by atoms with E-state index in [4.69, 9.17) is 5.73 Å². The molecule has 3 N–H and O–H groups in total. The highest BCUT2D eigenvalue weighted by Gasteiger charge is 2.24. The first-order valence-corrected chi connectivity index (χ1v) is 5.89. The average molecular weight is 213 g/mol. The maximum absolute atomic E-state index is 11.1. The molecule has 88 valence electrons. The Labute approximate surface area is 92.2 Å². The molecular weight excluding hydrogens is 190 g/mol. The molecule has 1 rings (SSSR count). The van der Waals surface area contributed by atoms with E-state index >= 15 is 0 Å². The molecule has 0 aromatic heterocycles. The summed E-state index contributed by atoms with van der Waals surface area (Å²) in [6, 6.07) is 0.422. The van der Waals surface area contributed by atoms with E-state index in [1.165, 1.54) is 19.3 Å². The predicted octanol–water partition coefficient (Wildman–Crippen LogP) is 0.324. The number of nitrogens with two attached hydrogens (primary N) is 1. The zero-order valence-corrected chi connectivity index (χ0v) is 9.83. The number of carbonyl (C=O) groups is 1. The van der Waals surface area contributed by atoms with Crippen LogP contribution in [0.5, 0.6) is 0 Å². The zero-order valence-electron chi connectivity index (χ0n) is 9.83. The van der Waals surface area contributed by atoms with E-state index in [1.807, 2.05) is 0 Å². The fourth-order valence-electron chi connectivity index (χ4n) is 2.32. The maximum atomic E-state index is 11.1. The smallest absolute Gasteiger partial charge is 0.235 e. The van der Waals surface area contributed by atoms with Crippen LogP contribution in [-0.2, 0) is 4.79 Å². The summed E-state index contributed by atoms with van der Waals surface area (Å²) >= 11 is 0. The van der Waals surface area contributed by atoms with Gasteiger partial charge in [0.1, 0.15) is 0 Å². The van der Waals surface area contributed by atoms with Crippen molar-refractivity contribution in [3.63, 3.8) is 0 Å². The van der Waals surface area contributed by atoms with Crippen molar-refractivity contribution in [1.29, 1.82) is 0 Å². The third-order valence-electron chi connectivity index (χ3n) is 3.33. The molecule has 4 heteroatoms. The van der Waals surface area contributed by atoms with Gasteiger partial charge in [0.25, 0.3) is 0 Å². The van der Waals surface area contributed by atoms with E-state index in [0.29, 0.717) is 6.04 Å². The highest BCUT2D eigenvalue weighted by atomic mass is 16.1. The van der Waals surface area contributed by atoms with Crippen LogP contribution < -0.4 is 11.1 Å². The molecule has 1 fully saturated rings. The van der Waals surface area contributed by atoms with Gasteiger partial charge in [-0.25, -0.2) is 0 Å². The minimum absolute atomic E-state index is 0.211. The van der Waals surface area contributed by atoms with Crippen molar-refractivity contribution in [1.82, 2.24) is 10.2 Å². The largest absolute Gasteiger partial charge is 0.368 e. The van der Waals surface area contributed by atoms with Gasteiger partial charge in [-0.3, -0.25) is 9.69 Å². The number of nitrogens with zero attached hydrogens (tertiary/aromatic N) is 1. The fourth-order valence-corrected chi connectivity index (χ4v) is 2.32. The summed E-state index contributed by atoms with van der Waals surface area (Å²) < 4.78 is 0. The van der Waals surface area contributed by atoms with Gasteiger partial charge in [-0.15, -0.1) is 0 Å². The summed E-state index contributed by atoms with van der Waals surface area (Å²) in [5, 5.41) is 2.98. The number of amides is 1. The molecule has 0 saturated carbocycles. The van der Waals surface area contributed by atoms with Crippen molar-refractivity contribution >= 4 is 5.91 Å². The number of rotatable bonds is 5. The highest BCUT2D eigenvalue weighted by molar-refractivity contribution is 5.80. The van der Waals surface area contributed by atoms with Crippen molar-refractivity contribution in [2.24, 2.45) is 5.73 Å². The van der Waals surface area contributed by atoms with E-state index in [-0.39, 0.29) is 11.9 Å². The first-order chi connectivity index (χ1) is 7.19. The fraction of sp³-hybridized carbons (Fsp3) is 0.909. The monoisotopic (exact) mass is 213 g/mol. The van der Waals surface area contributed by atoms with E-state index in [0.717, 1.165) is 19.5 Å². The Morgan fingerprint density at radius 2 is 2.33 bits per heavy atom. The van der Waals surface area contributed by atoms with E-state index in [1.54, 1.807) is 7.05 Å². The number of carbonyl (C=O) groups excluding carboxylic acids is 1. The van der Waals surface area contributed by atoms with Crippen molar-refractivity contribution in [2.45, 2.75) is 44.7 Å². The second kappa shape index (κ2) is 6.08. The van der Waals surface area contributed by atoms with Crippen molar-refractivity contribution in [2.75, 3.05) is 20.1 Å². The Balaban J connectivity index is 2.49. The van der Waals surface area contributed by atoms with Crippen molar-refractivity contribution < 1.29 is 4.79 Å². The lowest BCUT2D eigenvalue weighted by Gasteiger charge is -2.36. The molecule has 1 saturated heterocycles. The van der Waals surface area contributed by atoms with Crippen molar-refractivity contribution in [3.8, 4) is 0 Å². The molecule has 1 amide bonds. The molecule has 0 radical (unpaired) electrons. The van der Waals surface area contributed by atoms with Gasteiger partial charge >= 0.3 is 0 Å². The highest BCUT2D eigenvalue weighted by Crippen LogP contribution is 2.19.